The number of hydrogen-bond donors (Lipinski definition) is 1. The molecule has 2 rings (SSSR count). The zero-order chi connectivity index (χ0) is 21.4. The first-order valence-electron chi connectivity index (χ1n) is 9.08. The fraction of sp³-hybridized carbons (Fsp3) is 0.273. The van der Waals surface area contributed by atoms with E-state index in [1.165, 1.54) is 44.4 Å². The lowest BCUT2D eigenvalue weighted by Gasteiger charge is -2.14. The van der Waals surface area contributed by atoms with Crippen LogP contribution in [-0.2, 0) is 14.3 Å². The van der Waals surface area contributed by atoms with Crippen molar-refractivity contribution in [2.75, 3.05) is 12.4 Å². The van der Waals surface area contributed by atoms with Gasteiger partial charge in [0.1, 0.15) is 5.82 Å². The van der Waals surface area contributed by atoms with E-state index in [0.29, 0.717) is 17.1 Å². The topological polar surface area (TPSA) is 73.9 Å². The van der Waals surface area contributed by atoms with E-state index in [0.717, 1.165) is 0 Å². The van der Waals surface area contributed by atoms with E-state index in [4.69, 9.17) is 14.2 Å². The number of carbonyl (C=O) groups excluding carboxylic acids is 2. The summed E-state index contributed by atoms with van der Waals surface area (Å²) in [5.74, 6) is -0.583. The molecule has 0 radical (unpaired) electrons. The molecule has 29 heavy (non-hydrogen) atoms. The van der Waals surface area contributed by atoms with E-state index in [-0.39, 0.29) is 11.8 Å². The highest BCUT2D eigenvalue weighted by Gasteiger charge is 2.17. The lowest BCUT2D eigenvalue weighted by molar-refractivity contribution is -0.148. The molecule has 0 saturated carbocycles. The zero-order valence-corrected chi connectivity index (χ0v) is 16.8. The Morgan fingerprint density at radius 1 is 1.07 bits per heavy atom. The molecule has 0 aliphatic heterocycles. The van der Waals surface area contributed by atoms with Crippen LogP contribution in [0.4, 0.5) is 10.1 Å². The Balaban J connectivity index is 1.95. The summed E-state index contributed by atoms with van der Waals surface area (Å²) in [6, 6.07) is 10.7. The molecule has 0 bridgehead atoms. The van der Waals surface area contributed by atoms with Crippen LogP contribution < -0.4 is 14.8 Å². The highest BCUT2D eigenvalue weighted by atomic mass is 19.1. The molecule has 1 atom stereocenters. The Morgan fingerprint density at radius 3 is 2.48 bits per heavy atom. The van der Waals surface area contributed by atoms with Gasteiger partial charge in [0.25, 0.3) is 5.91 Å². The van der Waals surface area contributed by atoms with E-state index < -0.39 is 23.8 Å². The van der Waals surface area contributed by atoms with Crippen molar-refractivity contribution in [3.05, 3.63) is 59.9 Å². The van der Waals surface area contributed by atoms with Crippen LogP contribution in [0, 0.1) is 5.82 Å². The third-order valence-electron chi connectivity index (χ3n) is 3.72. The minimum Gasteiger partial charge on any atom is -0.493 e. The van der Waals surface area contributed by atoms with Crippen molar-refractivity contribution in [1.82, 2.24) is 0 Å². The van der Waals surface area contributed by atoms with Gasteiger partial charge in [-0.05, 0) is 62.7 Å². The van der Waals surface area contributed by atoms with Gasteiger partial charge in [-0.25, -0.2) is 9.18 Å². The Kier molecular flexibility index (Phi) is 7.77. The van der Waals surface area contributed by atoms with Crippen molar-refractivity contribution in [2.45, 2.75) is 33.0 Å². The van der Waals surface area contributed by atoms with E-state index in [1.54, 1.807) is 24.3 Å². The van der Waals surface area contributed by atoms with Crippen molar-refractivity contribution < 1.29 is 28.2 Å². The second kappa shape index (κ2) is 10.3. The van der Waals surface area contributed by atoms with Crippen molar-refractivity contribution >= 4 is 23.6 Å². The predicted molar refractivity (Wildman–Crippen MR) is 108 cm³/mol. The van der Waals surface area contributed by atoms with Gasteiger partial charge in [0.2, 0.25) is 0 Å². The standard InChI is InChI=1S/C22H24FNO5/c1-14(2)28-19-10-8-16(12-20(19)27-4)9-11-21(25)29-15(3)22(26)24-18-7-5-6-17(23)13-18/h5-15H,1-4H3,(H,24,26)/b11-9+/t15-/m0/s1. The maximum atomic E-state index is 13.2. The number of esters is 1. The van der Waals surface area contributed by atoms with Gasteiger partial charge in [0.05, 0.1) is 13.2 Å². The van der Waals surface area contributed by atoms with Crippen LogP contribution in [0.25, 0.3) is 6.08 Å². The third-order valence-corrected chi connectivity index (χ3v) is 3.72. The number of ether oxygens (including phenoxy) is 3. The fourth-order valence-corrected chi connectivity index (χ4v) is 2.38. The van der Waals surface area contributed by atoms with Crippen molar-refractivity contribution in [3.63, 3.8) is 0 Å². The van der Waals surface area contributed by atoms with Crippen LogP contribution in [-0.4, -0.2) is 31.2 Å². The average Bonchev–Trinajstić information content (AvgIpc) is 2.66. The smallest absolute Gasteiger partial charge is 0.331 e. The summed E-state index contributed by atoms with van der Waals surface area (Å²) < 4.78 is 29.2. The maximum Gasteiger partial charge on any atom is 0.331 e. The quantitative estimate of drug-likeness (QED) is 0.530. The Bertz CT molecular complexity index is 895. The maximum absolute atomic E-state index is 13.2. The zero-order valence-electron chi connectivity index (χ0n) is 16.8. The van der Waals surface area contributed by atoms with Gasteiger partial charge in [-0.1, -0.05) is 12.1 Å². The van der Waals surface area contributed by atoms with Crippen LogP contribution in [0.2, 0.25) is 0 Å². The Labute approximate surface area is 169 Å². The molecule has 1 amide bonds. The molecule has 0 unspecified atom stereocenters. The lowest BCUT2D eigenvalue weighted by atomic mass is 10.2. The molecule has 0 fully saturated rings. The first kappa shape index (κ1) is 21.9. The number of carbonyl (C=O) groups is 2. The summed E-state index contributed by atoms with van der Waals surface area (Å²) in [4.78, 5) is 24.1. The van der Waals surface area contributed by atoms with Crippen molar-refractivity contribution in [2.24, 2.45) is 0 Å². The lowest BCUT2D eigenvalue weighted by Crippen LogP contribution is -2.29. The van der Waals surface area contributed by atoms with Crippen LogP contribution in [0.3, 0.4) is 0 Å². The molecule has 2 aromatic carbocycles. The Hall–Kier alpha value is -3.35. The average molecular weight is 401 g/mol. The molecule has 0 heterocycles. The largest absolute Gasteiger partial charge is 0.493 e. The number of benzene rings is 2. The highest BCUT2D eigenvalue weighted by molar-refractivity contribution is 5.96. The summed E-state index contributed by atoms with van der Waals surface area (Å²) in [5, 5.41) is 2.49. The summed E-state index contributed by atoms with van der Waals surface area (Å²) in [7, 11) is 1.53. The molecule has 7 heteroatoms. The van der Waals surface area contributed by atoms with Gasteiger partial charge in [-0.2, -0.15) is 0 Å². The number of halogens is 1. The van der Waals surface area contributed by atoms with Gasteiger partial charge in [-0.15, -0.1) is 0 Å². The molecule has 154 valence electrons. The summed E-state index contributed by atoms with van der Waals surface area (Å²) in [6.45, 7) is 5.26. The summed E-state index contributed by atoms with van der Waals surface area (Å²) >= 11 is 0. The van der Waals surface area contributed by atoms with E-state index in [1.807, 2.05) is 13.8 Å². The number of nitrogens with one attached hydrogen (secondary N) is 1. The first-order valence-corrected chi connectivity index (χ1v) is 9.08. The molecular weight excluding hydrogens is 377 g/mol. The monoisotopic (exact) mass is 401 g/mol. The van der Waals surface area contributed by atoms with Gasteiger partial charge in [-0.3, -0.25) is 4.79 Å². The predicted octanol–water partition coefficient (Wildman–Crippen LogP) is 4.21. The van der Waals surface area contributed by atoms with E-state index in [9.17, 15) is 14.0 Å². The second-order valence-electron chi connectivity index (χ2n) is 6.49. The van der Waals surface area contributed by atoms with E-state index in [2.05, 4.69) is 5.32 Å². The van der Waals surface area contributed by atoms with Crippen LogP contribution >= 0.6 is 0 Å². The summed E-state index contributed by atoms with van der Waals surface area (Å²) in [5.41, 5.74) is 0.982. The minimum atomic E-state index is -1.05. The number of amides is 1. The van der Waals surface area contributed by atoms with Gasteiger partial charge in [0, 0.05) is 11.8 Å². The number of methoxy groups -OCH3 is 1. The third kappa shape index (κ3) is 6.95. The number of anilines is 1. The van der Waals surface area contributed by atoms with Crippen molar-refractivity contribution in [3.8, 4) is 11.5 Å². The molecule has 0 aliphatic rings. The molecule has 0 saturated heterocycles. The molecule has 0 aliphatic carbocycles. The van der Waals surface area contributed by atoms with E-state index >= 15 is 0 Å². The first-order chi connectivity index (χ1) is 13.8. The fourth-order valence-electron chi connectivity index (χ4n) is 2.38. The number of hydrogen-bond acceptors (Lipinski definition) is 5. The molecule has 1 N–H and O–H groups in total. The van der Waals surface area contributed by atoms with Gasteiger partial charge in [0.15, 0.2) is 17.6 Å². The highest BCUT2D eigenvalue weighted by Crippen LogP contribution is 2.29. The molecular formula is C22H24FNO5. The Morgan fingerprint density at radius 2 is 1.83 bits per heavy atom. The van der Waals surface area contributed by atoms with Crippen LogP contribution in [0.15, 0.2) is 48.5 Å². The minimum absolute atomic E-state index is 0.000262. The second-order valence-corrected chi connectivity index (χ2v) is 6.49. The van der Waals surface area contributed by atoms with Crippen LogP contribution in [0.1, 0.15) is 26.3 Å². The molecule has 0 aromatic heterocycles. The number of rotatable bonds is 8. The molecule has 0 spiro atoms. The molecule has 6 nitrogen and oxygen atoms in total. The SMILES string of the molecule is COc1cc(/C=C/C(=O)O[C@@H](C)C(=O)Nc2cccc(F)c2)ccc1OC(C)C. The van der Waals surface area contributed by atoms with Gasteiger partial charge < -0.3 is 19.5 Å². The van der Waals surface area contributed by atoms with Crippen molar-refractivity contribution in [1.29, 1.82) is 0 Å². The van der Waals surface area contributed by atoms with Gasteiger partial charge >= 0.3 is 5.97 Å². The molecule has 2 aromatic rings. The summed E-state index contributed by atoms with van der Waals surface area (Å²) in [6.07, 6.45) is 1.71. The normalized spacial score (nSPS) is 11.9. The van der Waals surface area contributed by atoms with Crippen LogP contribution in [0.5, 0.6) is 11.5 Å².